The van der Waals surface area contributed by atoms with Crippen molar-refractivity contribution in [3.8, 4) is 0 Å². The average Bonchev–Trinajstić information content (AvgIpc) is 2.92. The van der Waals surface area contributed by atoms with E-state index >= 15 is 0 Å². The molecule has 1 aromatic carbocycles. The van der Waals surface area contributed by atoms with Crippen molar-refractivity contribution in [2.75, 3.05) is 13.3 Å². The smallest absolute Gasteiger partial charge is 0.256 e. The minimum atomic E-state index is -3.26. The number of aryl methyl sites for hydroxylation is 3. The summed E-state index contributed by atoms with van der Waals surface area (Å²) in [5.74, 6) is 0.884. The maximum Gasteiger partial charge on any atom is 0.256 e. The minimum Gasteiger partial charge on any atom is -0.335 e. The second-order valence-electron chi connectivity index (χ2n) is 8.41. The normalized spacial score (nSPS) is 15.4. The van der Waals surface area contributed by atoms with Crippen molar-refractivity contribution < 1.29 is 13.2 Å². The van der Waals surface area contributed by atoms with E-state index < -0.39 is 9.84 Å². The number of rotatable bonds is 4. The van der Waals surface area contributed by atoms with E-state index in [1.807, 2.05) is 19.9 Å². The van der Waals surface area contributed by atoms with Gasteiger partial charge in [-0.15, -0.1) is 0 Å². The summed E-state index contributed by atoms with van der Waals surface area (Å²) >= 11 is 0. The van der Waals surface area contributed by atoms with E-state index in [9.17, 15) is 13.2 Å². The molecule has 8 heteroatoms. The average molecular weight is 441 g/mol. The van der Waals surface area contributed by atoms with Crippen LogP contribution in [0, 0.1) is 6.92 Å². The fourth-order valence-electron chi connectivity index (χ4n) is 4.16. The summed E-state index contributed by atoms with van der Waals surface area (Å²) in [6.07, 6.45) is 5.47. The Morgan fingerprint density at radius 3 is 2.52 bits per heavy atom. The lowest BCUT2D eigenvalue weighted by atomic mass is 10.1. The highest BCUT2D eigenvalue weighted by Crippen LogP contribution is 2.27. The van der Waals surface area contributed by atoms with E-state index in [0.29, 0.717) is 11.1 Å². The molecule has 2 aromatic heterocycles. The molecule has 3 heterocycles. The van der Waals surface area contributed by atoms with Gasteiger partial charge in [0.15, 0.2) is 15.5 Å². The van der Waals surface area contributed by atoms with Crippen LogP contribution in [0.1, 0.15) is 59.7 Å². The van der Waals surface area contributed by atoms with Crippen molar-refractivity contribution in [3.05, 3.63) is 53.0 Å². The van der Waals surface area contributed by atoms with Crippen LogP contribution in [0.15, 0.2) is 35.2 Å². The van der Waals surface area contributed by atoms with Gasteiger partial charge >= 0.3 is 0 Å². The van der Waals surface area contributed by atoms with E-state index in [4.69, 9.17) is 9.97 Å². The molecule has 1 unspecified atom stereocenters. The molecule has 0 saturated heterocycles. The Hall–Kier alpha value is -2.74. The zero-order chi connectivity index (χ0) is 22.3. The van der Waals surface area contributed by atoms with E-state index in [2.05, 4.69) is 4.57 Å². The van der Waals surface area contributed by atoms with Gasteiger partial charge in [-0.1, -0.05) is 18.6 Å². The zero-order valence-electron chi connectivity index (χ0n) is 18.4. The van der Waals surface area contributed by atoms with Crippen molar-refractivity contribution in [3.63, 3.8) is 0 Å². The summed E-state index contributed by atoms with van der Waals surface area (Å²) in [7, 11) is -1.49. The van der Waals surface area contributed by atoms with Crippen LogP contribution in [0.4, 0.5) is 0 Å². The molecule has 4 rings (SSSR count). The second-order valence-corrected chi connectivity index (χ2v) is 10.4. The first-order valence-electron chi connectivity index (χ1n) is 10.6. The molecule has 1 atom stereocenters. The van der Waals surface area contributed by atoms with Crippen LogP contribution in [-0.4, -0.2) is 47.1 Å². The zero-order valence-corrected chi connectivity index (χ0v) is 19.2. The molecule has 1 aliphatic heterocycles. The fourth-order valence-corrected chi connectivity index (χ4v) is 4.79. The van der Waals surface area contributed by atoms with Gasteiger partial charge in [0.1, 0.15) is 11.3 Å². The highest BCUT2D eigenvalue weighted by Gasteiger charge is 2.25. The first-order valence-corrected chi connectivity index (χ1v) is 12.5. The Balaban J connectivity index is 1.68. The first kappa shape index (κ1) is 21.5. The number of hydrogen-bond acceptors (Lipinski definition) is 5. The number of aromatic nitrogens is 3. The maximum absolute atomic E-state index is 13.5. The summed E-state index contributed by atoms with van der Waals surface area (Å²) in [6.45, 7) is 4.72. The second kappa shape index (κ2) is 8.07. The van der Waals surface area contributed by atoms with Gasteiger partial charge in [-0.05, 0) is 50.5 Å². The van der Waals surface area contributed by atoms with E-state index in [1.54, 1.807) is 36.2 Å². The minimum absolute atomic E-state index is 0.122. The number of amides is 1. The maximum atomic E-state index is 13.5. The lowest BCUT2D eigenvalue weighted by Crippen LogP contribution is -2.30. The Bertz CT molecular complexity index is 1250. The molecule has 31 heavy (non-hydrogen) atoms. The van der Waals surface area contributed by atoms with E-state index in [-0.39, 0.29) is 16.8 Å². The van der Waals surface area contributed by atoms with Crippen molar-refractivity contribution in [1.82, 2.24) is 19.4 Å². The monoisotopic (exact) mass is 440 g/mol. The highest BCUT2D eigenvalue weighted by molar-refractivity contribution is 7.90. The summed E-state index contributed by atoms with van der Waals surface area (Å²) in [6, 6.07) is 8.27. The van der Waals surface area contributed by atoms with Crippen molar-refractivity contribution >= 4 is 26.9 Å². The standard InChI is InChI=1S/C23H28N4O3S/c1-15-14-19(21-22(24-15)27-13-7-5-6-8-20(27)25-21)23(28)26(3)16(2)17-9-11-18(12-10-17)31(4,29)30/h9-12,14,16H,5-8,13H2,1-4H3. The Kier molecular flexibility index (Phi) is 5.60. The molecule has 0 aliphatic carbocycles. The predicted molar refractivity (Wildman–Crippen MR) is 120 cm³/mol. The van der Waals surface area contributed by atoms with Crippen molar-refractivity contribution in [2.24, 2.45) is 0 Å². The number of carbonyl (C=O) groups excluding carboxylic acids is 1. The molecular formula is C23H28N4O3S. The Labute approximate surface area is 183 Å². The van der Waals surface area contributed by atoms with Crippen LogP contribution in [0.2, 0.25) is 0 Å². The fraction of sp³-hybridized carbons (Fsp3) is 0.435. The van der Waals surface area contributed by atoms with Crippen molar-refractivity contribution in [2.45, 2.75) is 57.0 Å². The number of benzene rings is 1. The SMILES string of the molecule is Cc1cc(C(=O)N(C)C(C)c2ccc(S(C)(=O)=O)cc2)c2nc3n(c2n1)CCCCC3. The third-order valence-corrected chi connectivity index (χ3v) is 7.24. The van der Waals surface area contributed by atoms with Gasteiger partial charge in [0.25, 0.3) is 5.91 Å². The third-order valence-electron chi connectivity index (χ3n) is 6.11. The molecule has 1 amide bonds. The molecule has 0 N–H and O–H groups in total. The molecule has 0 saturated carbocycles. The van der Waals surface area contributed by atoms with E-state index in [1.165, 1.54) is 12.7 Å². The number of sulfone groups is 1. The lowest BCUT2D eigenvalue weighted by molar-refractivity contribution is 0.0744. The highest BCUT2D eigenvalue weighted by atomic mass is 32.2. The Morgan fingerprint density at radius 2 is 1.84 bits per heavy atom. The van der Waals surface area contributed by atoms with Gasteiger partial charge in [-0.3, -0.25) is 4.79 Å². The molecule has 1 aliphatic rings. The quantitative estimate of drug-likeness (QED) is 0.617. The topological polar surface area (TPSA) is 85.2 Å². The van der Waals surface area contributed by atoms with Gasteiger partial charge in [0, 0.05) is 32.0 Å². The molecule has 0 bridgehead atoms. The molecule has 3 aromatic rings. The first-order chi connectivity index (χ1) is 14.7. The molecule has 164 valence electrons. The molecule has 0 spiro atoms. The Morgan fingerprint density at radius 1 is 1.13 bits per heavy atom. The molecule has 7 nitrogen and oxygen atoms in total. The van der Waals surface area contributed by atoms with Crippen LogP contribution in [0.25, 0.3) is 11.2 Å². The van der Waals surface area contributed by atoms with Crippen LogP contribution < -0.4 is 0 Å². The molecular weight excluding hydrogens is 412 g/mol. The van der Waals surface area contributed by atoms with Crippen molar-refractivity contribution in [1.29, 1.82) is 0 Å². The number of hydrogen-bond donors (Lipinski definition) is 0. The van der Waals surface area contributed by atoms with Gasteiger partial charge < -0.3 is 9.47 Å². The third kappa shape index (κ3) is 4.08. The number of pyridine rings is 1. The molecule has 0 fully saturated rings. The largest absolute Gasteiger partial charge is 0.335 e. The number of carbonyl (C=O) groups is 1. The summed E-state index contributed by atoms with van der Waals surface area (Å²) in [4.78, 5) is 24.9. The number of imidazole rings is 1. The van der Waals surface area contributed by atoms with Crippen LogP contribution >= 0.6 is 0 Å². The molecule has 0 radical (unpaired) electrons. The lowest BCUT2D eigenvalue weighted by Gasteiger charge is -2.26. The van der Waals surface area contributed by atoms with Gasteiger partial charge in [0.05, 0.1) is 16.5 Å². The number of nitrogens with zero attached hydrogens (tertiary/aromatic N) is 4. The van der Waals surface area contributed by atoms with E-state index in [0.717, 1.165) is 48.5 Å². The van der Waals surface area contributed by atoms with Crippen LogP contribution in [0.5, 0.6) is 0 Å². The van der Waals surface area contributed by atoms with Crippen LogP contribution in [-0.2, 0) is 22.8 Å². The van der Waals surface area contributed by atoms with Gasteiger partial charge in [-0.2, -0.15) is 0 Å². The van der Waals surface area contributed by atoms with Crippen LogP contribution in [0.3, 0.4) is 0 Å². The summed E-state index contributed by atoms with van der Waals surface area (Å²) in [5.41, 5.74) is 3.68. The summed E-state index contributed by atoms with van der Waals surface area (Å²) < 4.78 is 25.6. The number of fused-ring (bicyclic) bond motifs is 3. The van der Waals surface area contributed by atoms with Gasteiger partial charge in [0.2, 0.25) is 0 Å². The van der Waals surface area contributed by atoms with Gasteiger partial charge in [-0.25, -0.2) is 18.4 Å². The summed E-state index contributed by atoms with van der Waals surface area (Å²) in [5, 5.41) is 0. The predicted octanol–water partition coefficient (Wildman–Crippen LogP) is 3.70.